The van der Waals surface area contributed by atoms with Gasteiger partial charge in [-0.2, -0.15) is 11.3 Å². The van der Waals surface area contributed by atoms with Crippen molar-refractivity contribution in [1.29, 1.82) is 0 Å². The van der Waals surface area contributed by atoms with Gasteiger partial charge in [-0.05, 0) is 48.1 Å². The van der Waals surface area contributed by atoms with Crippen molar-refractivity contribution in [2.75, 3.05) is 6.54 Å². The Hall–Kier alpha value is -1.62. The van der Waals surface area contributed by atoms with Crippen molar-refractivity contribution < 1.29 is 4.79 Å². The Kier molecular flexibility index (Phi) is 4.70. The molecule has 5 heteroatoms. The number of carbonyl (C=O) groups is 1. The molecule has 4 nitrogen and oxygen atoms in total. The van der Waals surface area contributed by atoms with Gasteiger partial charge in [-0.3, -0.25) is 4.79 Å². The molecule has 0 aromatic carbocycles. The zero-order valence-corrected chi connectivity index (χ0v) is 13.0. The molecule has 0 radical (unpaired) electrons. The number of imidazole rings is 1. The molecule has 2 aromatic rings. The molecule has 3 heterocycles. The summed E-state index contributed by atoms with van der Waals surface area (Å²) in [7, 11) is 0. The highest BCUT2D eigenvalue weighted by Gasteiger charge is 2.26. The second-order valence-electron chi connectivity index (χ2n) is 5.63. The molecule has 0 N–H and O–H groups in total. The van der Waals surface area contributed by atoms with Gasteiger partial charge in [-0.1, -0.05) is 0 Å². The molecule has 112 valence electrons. The predicted octanol–water partition coefficient (Wildman–Crippen LogP) is 2.96. The number of thiophene rings is 1. The van der Waals surface area contributed by atoms with E-state index in [1.165, 1.54) is 6.42 Å². The predicted molar refractivity (Wildman–Crippen MR) is 84.2 cm³/mol. The normalized spacial score (nSPS) is 18.9. The van der Waals surface area contributed by atoms with E-state index in [-0.39, 0.29) is 5.91 Å². The Morgan fingerprint density at radius 2 is 2.38 bits per heavy atom. The topological polar surface area (TPSA) is 38.1 Å². The van der Waals surface area contributed by atoms with Crippen molar-refractivity contribution in [3.63, 3.8) is 0 Å². The van der Waals surface area contributed by atoms with Crippen LogP contribution >= 0.6 is 11.3 Å². The van der Waals surface area contributed by atoms with E-state index in [0.29, 0.717) is 12.5 Å². The van der Waals surface area contributed by atoms with Crippen LogP contribution < -0.4 is 0 Å². The lowest BCUT2D eigenvalue weighted by Crippen LogP contribution is -2.44. The van der Waals surface area contributed by atoms with Crippen LogP contribution in [0.3, 0.4) is 0 Å². The van der Waals surface area contributed by atoms with E-state index in [0.717, 1.165) is 37.9 Å². The number of hydrogen-bond acceptors (Lipinski definition) is 3. The van der Waals surface area contributed by atoms with E-state index in [1.54, 1.807) is 17.5 Å². The molecular weight excluding hydrogens is 282 g/mol. The van der Waals surface area contributed by atoms with Crippen LogP contribution in [0.25, 0.3) is 0 Å². The van der Waals surface area contributed by atoms with Crippen LogP contribution in [0.2, 0.25) is 0 Å². The van der Waals surface area contributed by atoms with E-state index in [9.17, 15) is 4.79 Å². The van der Waals surface area contributed by atoms with E-state index in [2.05, 4.69) is 19.8 Å². The number of hydrogen-bond donors (Lipinski definition) is 0. The summed E-state index contributed by atoms with van der Waals surface area (Å²) in [5, 5.41) is 4.11. The Morgan fingerprint density at radius 1 is 1.43 bits per heavy atom. The number of piperidine rings is 1. The average Bonchev–Trinajstić information content (AvgIpc) is 3.18. The molecule has 1 atom stereocenters. The summed E-state index contributed by atoms with van der Waals surface area (Å²) in [5.74, 6) is 0.281. The summed E-state index contributed by atoms with van der Waals surface area (Å²) in [5.41, 5.74) is 1.14. The molecule has 0 aliphatic carbocycles. The van der Waals surface area contributed by atoms with Crippen LogP contribution in [0, 0.1) is 0 Å². The smallest absolute Gasteiger partial charge is 0.227 e. The zero-order chi connectivity index (χ0) is 14.5. The summed E-state index contributed by atoms with van der Waals surface area (Å²) in [6, 6.07) is 2.43. The maximum absolute atomic E-state index is 12.5. The molecule has 1 amide bonds. The minimum atomic E-state index is 0.281. The monoisotopic (exact) mass is 303 g/mol. The highest BCUT2D eigenvalue weighted by Crippen LogP contribution is 2.22. The van der Waals surface area contributed by atoms with Crippen LogP contribution in [-0.2, 0) is 17.8 Å². The Labute approximate surface area is 129 Å². The molecule has 0 bridgehead atoms. The lowest BCUT2D eigenvalue weighted by molar-refractivity contribution is -0.134. The third-order valence-corrected chi connectivity index (χ3v) is 4.89. The lowest BCUT2D eigenvalue weighted by Gasteiger charge is -2.36. The van der Waals surface area contributed by atoms with E-state index in [4.69, 9.17) is 0 Å². The zero-order valence-electron chi connectivity index (χ0n) is 12.1. The van der Waals surface area contributed by atoms with Crippen molar-refractivity contribution in [3.05, 3.63) is 41.1 Å². The van der Waals surface area contributed by atoms with E-state index >= 15 is 0 Å². The third kappa shape index (κ3) is 3.73. The third-order valence-electron chi connectivity index (χ3n) is 4.16. The maximum Gasteiger partial charge on any atom is 0.227 e. The van der Waals surface area contributed by atoms with Crippen molar-refractivity contribution >= 4 is 17.2 Å². The van der Waals surface area contributed by atoms with Crippen molar-refractivity contribution in [2.24, 2.45) is 0 Å². The average molecular weight is 303 g/mol. The van der Waals surface area contributed by atoms with Crippen LogP contribution in [0.4, 0.5) is 0 Å². The fourth-order valence-electron chi connectivity index (χ4n) is 3.02. The summed E-state index contributed by atoms with van der Waals surface area (Å²) >= 11 is 1.66. The molecule has 0 spiro atoms. The van der Waals surface area contributed by atoms with E-state index < -0.39 is 0 Å². The SMILES string of the molecule is O=C(Cc1ccsc1)N1CCCCC1CCn1ccnc1. The first-order valence-electron chi connectivity index (χ1n) is 7.59. The van der Waals surface area contributed by atoms with Gasteiger partial charge in [0.1, 0.15) is 0 Å². The fraction of sp³-hybridized carbons (Fsp3) is 0.500. The Morgan fingerprint density at radius 3 is 3.14 bits per heavy atom. The van der Waals surface area contributed by atoms with Gasteiger partial charge in [0, 0.05) is 31.5 Å². The van der Waals surface area contributed by atoms with Crippen molar-refractivity contribution in [2.45, 2.75) is 44.7 Å². The first kappa shape index (κ1) is 14.3. The van der Waals surface area contributed by atoms with Gasteiger partial charge in [-0.25, -0.2) is 4.98 Å². The van der Waals surface area contributed by atoms with Crippen LogP contribution in [0.15, 0.2) is 35.5 Å². The fourth-order valence-corrected chi connectivity index (χ4v) is 3.68. The quantitative estimate of drug-likeness (QED) is 0.851. The number of carbonyl (C=O) groups excluding carboxylic acids is 1. The number of rotatable bonds is 5. The van der Waals surface area contributed by atoms with Gasteiger partial charge in [0.15, 0.2) is 0 Å². The summed E-state index contributed by atoms with van der Waals surface area (Å²) in [6.45, 7) is 1.85. The molecular formula is C16H21N3OS. The molecule has 1 fully saturated rings. The summed E-state index contributed by atoms with van der Waals surface area (Å²) < 4.78 is 2.09. The molecule has 21 heavy (non-hydrogen) atoms. The maximum atomic E-state index is 12.5. The molecule has 1 saturated heterocycles. The molecule has 1 unspecified atom stereocenters. The second-order valence-corrected chi connectivity index (χ2v) is 6.41. The molecule has 3 rings (SSSR count). The van der Waals surface area contributed by atoms with E-state index in [1.807, 2.05) is 24.0 Å². The largest absolute Gasteiger partial charge is 0.339 e. The van der Waals surface area contributed by atoms with Crippen molar-refractivity contribution in [3.8, 4) is 0 Å². The van der Waals surface area contributed by atoms with Gasteiger partial charge in [0.25, 0.3) is 0 Å². The summed E-state index contributed by atoms with van der Waals surface area (Å²) in [4.78, 5) is 18.7. The first-order chi connectivity index (χ1) is 10.3. The Balaban J connectivity index is 1.59. The molecule has 1 aliphatic rings. The summed E-state index contributed by atoms with van der Waals surface area (Å²) in [6.07, 6.45) is 10.7. The molecule has 1 aliphatic heterocycles. The van der Waals surface area contributed by atoms with Gasteiger partial charge in [0.05, 0.1) is 12.7 Å². The van der Waals surface area contributed by atoms with Gasteiger partial charge < -0.3 is 9.47 Å². The lowest BCUT2D eigenvalue weighted by atomic mass is 9.98. The van der Waals surface area contributed by atoms with Crippen molar-refractivity contribution in [1.82, 2.24) is 14.5 Å². The second kappa shape index (κ2) is 6.89. The van der Waals surface area contributed by atoms with Gasteiger partial charge in [-0.15, -0.1) is 0 Å². The molecule has 0 saturated carbocycles. The Bertz CT molecular complexity index is 550. The number of aromatic nitrogens is 2. The van der Waals surface area contributed by atoms with Crippen LogP contribution in [-0.4, -0.2) is 32.9 Å². The standard InChI is InChI=1S/C16H21N3OS/c20-16(11-14-5-10-21-12-14)19-7-2-1-3-15(19)4-8-18-9-6-17-13-18/h5-6,9-10,12-13,15H,1-4,7-8,11H2. The highest BCUT2D eigenvalue weighted by atomic mass is 32.1. The highest BCUT2D eigenvalue weighted by molar-refractivity contribution is 7.07. The van der Waals surface area contributed by atoms with Crippen LogP contribution in [0.5, 0.6) is 0 Å². The molecule has 2 aromatic heterocycles. The van der Waals surface area contributed by atoms with Gasteiger partial charge in [0.2, 0.25) is 5.91 Å². The number of nitrogens with zero attached hydrogens (tertiary/aromatic N) is 3. The minimum absolute atomic E-state index is 0.281. The minimum Gasteiger partial charge on any atom is -0.339 e. The number of aryl methyl sites for hydroxylation is 1. The number of amides is 1. The first-order valence-corrected chi connectivity index (χ1v) is 8.53. The number of likely N-dealkylation sites (tertiary alicyclic amines) is 1. The van der Waals surface area contributed by atoms with Crippen LogP contribution in [0.1, 0.15) is 31.2 Å². The van der Waals surface area contributed by atoms with Gasteiger partial charge >= 0.3 is 0 Å².